The number of hydrogen-bond acceptors (Lipinski definition) is 3. The van der Waals surface area contributed by atoms with Crippen molar-refractivity contribution in [2.45, 2.75) is 37.8 Å². The summed E-state index contributed by atoms with van der Waals surface area (Å²) >= 11 is 0. The van der Waals surface area contributed by atoms with Crippen molar-refractivity contribution in [3.63, 3.8) is 0 Å². The third kappa shape index (κ3) is 3.08. The molecule has 0 spiro atoms. The molecule has 3 aliphatic rings. The Bertz CT molecular complexity index is 911. The van der Waals surface area contributed by atoms with Gasteiger partial charge in [0, 0.05) is 24.6 Å². The zero-order valence-corrected chi connectivity index (χ0v) is 15.8. The summed E-state index contributed by atoms with van der Waals surface area (Å²) in [5.41, 5.74) is 3.82. The lowest BCUT2D eigenvalue weighted by Crippen LogP contribution is -2.42. The quantitative estimate of drug-likeness (QED) is 0.844. The lowest BCUT2D eigenvalue weighted by molar-refractivity contribution is -0.133. The molecule has 1 amide bonds. The Kier molecular flexibility index (Phi) is 4.35. The van der Waals surface area contributed by atoms with Crippen molar-refractivity contribution in [2.24, 2.45) is 11.8 Å². The molecule has 28 heavy (non-hydrogen) atoms. The highest BCUT2D eigenvalue weighted by Crippen LogP contribution is 2.48. The van der Waals surface area contributed by atoms with Crippen LogP contribution in [0.3, 0.4) is 0 Å². The zero-order chi connectivity index (χ0) is 19.3. The van der Waals surface area contributed by atoms with Crippen molar-refractivity contribution in [3.05, 3.63) is 53.8 Å². The predicted molar refractivity (Wildman–Crippen MR) is 106 cm³/mol. The van der Waals surface area contributed by atoms with E-state index in [2.05, 4.69) is 11.4 Å². The lowest BCUT2D eigenvalue weighted by atomic mass is 9.82. The molecule has 0 radical (unpaired) electrons. The molecule has 0 bridgehead atoms. The molecule has 0 unspecified atom stereocenters. The fourth-order valence-electron chi connectivity index (χ4n) is 4.88. The number of carbonyl (C=O) groups is 1. The summed E-state index contributed by atoms with van der Waals surface area (Å²) in [7, 11) is 0. The SMILES string of the molecule is O=C(CC1CC1)N1CC[C@@H]2[C@@H](CO)Nc3ccc(-c4cccc(F)c4)cc3[C@@H]21. The van der Waals surface area contributed by atoms with E-state index in [9.17, 15) is 14.3 Å². The summed E-state index contributed by atoms with van der Waals surface area (Å²) in [5.74, 6) is 0.729. The highest BCUT2D eigenvalue weighted by molar-refractivity contribution is 5.79. The van der Waals surface area contributed by atoms with E-state index in [1.165, 1.54) is 12.1 Å². The Labute approximate surface area is 164 Å². The van der Waals surface area contributed by atoms with Gasteiger partial charge in [0.1, 0.15) is 5.82 Å². The number of halogens is 1. The number of carbonyl (C=O) groups excluding carboxylic acids is 1. The van der Waals surface area contributed by atoms with E-state index in [0.29, 0.717) is 12.3 Å². The average molecular weight is 380 g/mol. The van der Waals surface area contributed by atoms with E-state index in [0.717, 1.165) is 48.2 Å². The van der Waals surface area contributed by atoms with Gasteiger partial charge in [0.05, 0.1) is 18.7 Å². The van der Waals surface area contributed by atoms with Gasteiger partial charge in [-0.15, -0.1) is 0 Å². The molecule has 1 saturated carbocycles. The van der Waals surface area contributed by atoms with Crippen LogP contribution in [-0.2, 0) is 4.79 Å². The molecule has 2 heterocycles. The number of hydrogen-bond donors (Lipinski definition) is 2. The van der Waals surface area contributed by atoms with Crippen LogP contribution < -0.4 is 5.32 Å². The van der Waals surface area contributed by atoms with Crippen molar-refractivity contribution in [1.82, 2.24) is 4.90 Å². The predicted octanol–water partition coefficient (Wildman–Crippen LogP) is 3.97. The third-order valence-electron chi connectivity index (χ3n) is 6.51. The molecule has 146 valence electrons. The number of amides is 1. The first-order valence-corrected chi connectivity index (χ1v) is 10.2. The normalized spacial score (nSPS) is 25.8. The number of likely N-dealkylation sites (tertiary alicyclic amines) is 1. The molecule has 2 aromatic rings. The van der Waals surface area contributed by atoms with Crippen LogP contribution in [0.25, 0.3) is 11.1 Å². The summed E-state index contributed by atoms with van der Waals surface area (Å²) in [5, 5.41) is 13.4. The lowest BCUT2D eigenvalue weighted by Gasteiger charge is -2.39. The largest absolute Gasteiger partial charge is 0.394 e. The maximum Gasteiger partial charge on any atom is 0.223 e. The van der Waals surface area contributed by atoms with E-state index in [1.54, 1.807) is 6.07 Å². The van der Waals surface area contributed by atoms with Crippen molar-refractivity contribution >= 4 is 11.6 Å². The van der Waals surface area contributed by atoms with Crippen LogP contribution in [-0.4, -0.2) is 35.1 Å². The minimum Gasteiger partial charge on any atom is -0.394 e. The molecular formula is C23H25FN2O2. The Hall–Kier alpha value is -2.40. The first kappa shape index (κ1) is 17.7. The van der Waals surface area contributed by atoms with Gasteiger partial charge in [-0.1, -0.05) is 18.2 Å². The van der Waals surface area contributed by atoms with Crippen molar-refractivity contribution in [2.75, 3.05) is 18.5 Å². The van der Waals surface area contributed by atoms with Crippen LogP contribution in [0.4, 0.5) is 10.1 Å². The van der Waals surface area contributed by atoms with Crippen LogP contribution in [0.2, 0.25) is 0 Å². The maximum atomic E-state index is 13.7. The Morgan fingerprint density at radius 3 is 2.71 bits per heavy atom. The molecule has 1 saturated heterocycles. The van der Waals surface area contributed by atoms with Crippen molar-refractivity contribution < 1.29 is 14.3 Å². The summed E-state index contributed by atoms with van der Waals surface area (Å²) in [6.07, 6.45) is 3.85. The van der Waals surface area contributed by atoms with Gasteiger partial charge in [-0.3, -0.25) is 4.79 Å². The highest BCUT2D eigenvalue weighted by Gasteiger charge is 2.46. The fourth-order valence-corrected chi connectivity index (χ4v) is 4.88. The van der Waals surface area contributed by atoms with Crippen LogP contribution >= 0.6 is 0 Å². The second-order valence-corrected chi connectivity index (χ2v) is 8.38. The van der Waals surface area contributed by atoms with Crippen LogP contribution in [0.1, 0.15) is 37.3 Å². The van der Waals surface area contributed by atoms with E-state index in [-0.39, 0.29) is 36.3 Å². The van der Waals surface area contributed by atoms with Crippen LogP contribution in [0.15, 0.2) is 42.5 Å². The maximum absolute atomic E-state index is 13.7. The number of anilines is 1. The standard InChI is InChI=1S/C23H25FN2O2/c24-17-3-1-2-15(11-17)16-6-7-20-19(12-16)23-18(21(13-27)25-20)8-9-26(23)22(28)10-14-4-5-14/h1-3,6-7,11-12,14,18,21,23,25,27H,4-5,8-10,13H2/t18-,21-,23-/m1/s1. The number of nitrogens with one attached hydrogen (secondary N) is 1. The molecule has 2 aliphatic heterocycles. The topological polar surface area (TPSA) is 52.6 Å². The van der Waals surface area contributed by atoms with Gasteiger partial charge in [0.15, 0.2) is 0 Å². The summed E-state index contributed by atoms with van der Waals surface area (Å²) in [6.45, 7) is 0.791. The molecule has 3 atom stereocenters. The van der Waals surface area contributed by atoms with Gasteiger partial charge in [-0.05, 0) is 66.1 Å². The number of rotatable bonds is 4. The molecule has 0 aromatic heterocycles. The fraction of sp³-hybridized carbons (Fsp3) is 0.435. The molecule has 5 rings (SSSR count). The van der Waals surface area contributed by atoms with E-state index >= 15 is 0 Å². The number of benzene rings is 2. The van der Waals surface area contributed by atoms with Crippen LogP contribution in [0.5, 0.6) is 0 Å². The second-order valence-electron chi connectivity index (χ2n) is 8.38. The van der Waals surface area contributed by atoms with Gasteiger partial charge in [0.2, 0.25) is 5.91 Å². The van der Waals surface area contributed by atoms with Crippen molar-refractivity contribution in [1.29, 1.82) is 0 Å². The molecular weight excluding hydrogens is 355 g/mol. The number of nitrogens with zero attached hydrogens (tertiary/aromatic N) is 1. The summed E-state index contributed by atoms with van der Waals surface area (Å²) in [4.78, 5) is 15.0. The number of fused-ring (bicyclic) bond motifs is 3. The number of aliphatic hydroxyl groups is 1. The van der Waals surface area contributed by atoms with Crippen LogP contribution in [0, 0.1) is 17.7 Å². The summed E-state index contributed by atoms with van der Waals surface area (Å²) in [6, 6.07) is 12.6. The Morgan fingerprint density at radius 1 is 1.14 bits per heavy atom. The zero-order valence-electron chi connectivity index (χ0n) is 15.8. The van der Waals surface area contributed by atoms with Gasteiger partial charge in [-0.25, -0.2) is 4.39 Å². The minimum atomic E-state index is -0.256. The minimum absolute atomic E-state index is 0.0202. The molecule has 1 aliphatic carbocycles. The summed E-state index contributed by atoms with van der Waals surface area (Å²) < 4.78 is 13.7. The van der Waals surface area contributed by atoms with Crippen molar-refractivity contribution in [3.8, 4) is 11.1 Å². The smallest absolute Gasteiger partial charge is 0.223 e. The van der Waals surface area contributed by atoms with Gasteiger partial charge in [-0.2, -0.15) is 0 Å². The molecule has 2 fully saturated rings. The van der Waals surface area contributed by atoms with E-state index in [1.807, 2.05) is 23.1 Å². The average Bonchev–Trinajstić information content (AvgIpc) is 3.40. The molecule has 4 nitrogen and oxygen atoms in total. The second kappa shape index (κ2) is 6.89. The Balaban J connectivity index is 1.54. The first-order valence-electron chi connectivity index (χ1n) is 10.2. The molecule has 2 aromatic carbocycles. The van der Waals surface area contributed by atoms with Gasteiger partial charge >= 0.3 is 0 Å². The van der Waals surface area contributed by atoms with Gasteiger partial charge < -0.3 is 15.3 Å². The molecule has 5 heteroatoms. The monoisotopic (exact) mass is 380 g/mol. The highest BCUT2D eigenvalue weighted by atomic mass is 19.1. The van der Waals surface area contributed by atoms with Gasteiger partial charge in [0.25, 0.3) is 0 Å². The van der Waals surface area contributed by atoms with E-state index in [4.69, 9.17) is 0 Å². The first-order chi connectivity index (χ1) is 13.6. The number of aliphatic hydroxyl groups excluding tert-OH is 1. The molecule has 2 N–H and O–H groups in total. The van der Waals surface area contributed by atoms with E-state index < -0.39 is 0 Å². The Morgan fingerprint density at radius 2 is 1.96 bits per heavy atom. The third-order valence-corrected chi connectivity index (χ3v) is 6.51.